The maximum absolute atomic E-state index is 12.5. The number of rotatable bonds is 7. The molecule has 6 heteroatoms. The van der Waals surface area contributed by atoms with Crippen molar-refractivity contribution in [1.82, 2.24) is 4.31 Å². The van der Waals surface area contributed by atoms with Crippen LogP contribution in [0.1, 0.15) is 37.8 Å². The van der Waals surface area contributed by atoms with Gasteiger partial charge in [0.1, 0.15) is 4.99 Å². The smallest absolute Gasteiger partial charge is 0.218 e. The zero-order valence-electron chi connectivity index (χ0n) is 12.2. The summed E-state index contributed by atoms with van der Waals surface area (Å²) in [5.41, 5.74) is 6.92. The van der Waals surface area contributed by atoms with E-state index in [-0.39, 0.29) is 16.8 Å². The van der Waals surface area contributed by atoms with E-state index in [9.17, 15) is 8.42 Å². The minimum Gasteiger partial charge on any atom is -0.389 e. The summed E-state index contributed by atoms with van der Waals surface area (Å²) in [6, 6.07) is 7.13. The van der Waals surface area contributed by atoms with Gasteiger partial charge in [0.25, 0.3) is 0 Å². The average Bonchev–Trinajstić information content (AvgIpc) is 2.39. The van der Waals surface area contributed by atoms with Crippen molar-refractivity contribution in [2.45, 2.75) is 38.5 Å². The summed E-state index contributed by atoms with van der Waals surface area (Å²) in [5, 5.41) is 0. The molecule has 0 radical (unpaired) electrons. The molecule has 0 aliphatic carbocycles. The lowest BCUT2D eigenvalue weighted by Crippen LogP contribution is -2.37. The molecule has 2 N–H and O–H groups in total. The van der Waals surface area contributed by atoms with E-state index in [4.69, 9.17) is 18.0 Å². The Bertz CT molecular complexity index is 566. The van der Waals surface area contributed by atoms with Crippen LogP contribution in [0.4, 0.5) is 0 Å². The molecule has 0 aliphatic rings. The van der Waals surface area contributed by atoms with Crippen LogP contribution in [0.2, 0.25) is 0 Å². The first-order chi connectivity index (χ1) is 9.33. The monoisotopic (exact) mass is 314 g/mol. The Labute approximate surface area is 127 Å². The van der Waals surface area contributed by atoms with Gasteiger partial charge in [0.2, 0.25) is 10.0 Å². The molecule has 0 unspecified atom stereocenters. The van der Waals surface area contributed by atoms with E-state index in [1.807, 2.05) is 13.8 Å². The third-order valence-electron chi connectivity index (χ3n) is 3.52. The molecule has 1 aromatic carbocycles. The zero-order valence-corrected chi connectivity index (χ0v) is 13.8. The van der Waals surface area contributed by atoms with E-state index < -0.39 is 10.0 Å². The van der Waals surface area contributed by atoms with Crippen LogP contribution in [0.15, 0.2) is 24.3 Å². The van der Waals surface area contributed by atoms with Crippen molar-refractivity contribution >= 4 is 27.2 Å². The Morgan fingerprint density at radius 1 is 1.30 bits per heavy atom. The molecule has 0 amide bonds. The van der Waals surface area contributed by atoms with E-state index in [1.165, 1.54) is 4.31 Å². The van der Waals surface area contributed by atoms with Crippen LogP contribution in [-0.2, 0) is 15.8 Å². The van der Waals surface area contributed by atoms with E-state index in [0.29, 0.717) is 11.1 Å². The standard InChI is InChI=1S/C14H22N2O2S2/c1-4-12(5-2)16(3)20(17,18)10-11-8-6-7-9-13(11)14(15)19/h6-9,12H,4-5,10H2,1-3H3,(H2,15,19). The fourth-order valence-corrected chi connectivity index (χ4v) is 4.01. The van der Waals surface area contributed by atoms with Crippen LogP contribution < -0.4 is 5.73 Å². The fourth-order valence-electron chi connectivity index (χ4n) is 2.21. The van der Waals surface area contributed by atoms with Gasteiger partial charge in [-0.15, -0.1) is 0 Å². The van der Waals surface area contributed by atoms with E-state index >= 15 is 0 Å². The molecule has 1 aromatic rings. The number of hydrogen-bond donors (Lipinski definition) is 1. The van der Waals surface area contributed by atoms with Crippen molar-refractivity contribution in [2.24, 2.45) is 5.73 Å². The van der Waals surface area contributed by atoms with E-state index in [2.05, 4.69) is 0 Å². The van der Waals surface area contributed by atoms with Crippen molar-refractivity contribution in [3.05, 3.63) is 35.4 Å². The van der Waals surface area contributed by atoms with Crippen molar-refractivity contribution < 1.29 is 8.42 Å². The van der Waals surface area contributed by atoms with Crippen LogP contribution in [0.3, 0.4) is 0 Å². The molecule has 0 spiro atoms. The first-order valence-electron chi connectivity index (χ1n) is 6.66. The van der Waals surface area contributed by atoms with Crippen LogP contribution in [-0.4, -0.2) is 30.8 Å². The zero-order chi connectivity index (χ0) is 15.3. The lowest BCUT2D eigenvalue weighted by molar-refractivity contribution is 0.349. The van der Waals surface area contributed by atoms with E-state index in [0.717, 1.165) is 12.8 Å². The molecule has 4 nitrogen and oxygen atoms in total. The molecule has 20 heavy (non-hydrogen) atoms. The molecule has 0 saturated heterocycles. The van der Waals surface area contributed by atoms with Gasteiger partial charge in [-0.25, -0.2) is 12.7 Å². The Hall–Kier alpha value is -0.980. The molecule has 0 atom stereocenters. The largest absolute Gasteiger partial charge is 0.389 e. The molecule has 0 fully saturated rings. The summed E-state index contributed by atoms with van der Waals surface area (Å²) in [4.78, 5) is 0.223. The molecular weight excluding hydrogens is 292 g/mol. The lowest BCUT2D eigenvalue weighted by atomic mass is 10.1. The maximum atomic E-state index is 12.5. The number of nitrogens with two attached hydrogens (primary N) is 1. The van der Waals surface area contributed by atoms with Crippen LogP contribution in [0.5, 0.6) is 0 Å². The summed E-state index contributed by atoms with van der Waals surface area (Å²) < 4.78 is 26.4. The number of hydrogen-bond acceptors (Lipinski definition) is 3. The SMILES string of the molecule is CCC(CC)N(C)S(=O)(=O)Cc1ccccc1C(N)=S. The van der Waals surface area contributed by atoms with Gasteiger partial charge in [0.05, 0.1) is 5.75 Å². The second-order valence-corrected chi connectivity index (χ2v) is 7.23. The summed E-state index contributed by atoms with van der Waals surface area (Å²) in [6.45, 7) is 3.98. The molecule has 0 aliphatic heterocycles. The highest BCUT2D eigenvalue weighted by atomic mass is 32.2. The molecule has 1 rings (SSSR count). The molecule has 0 heterocycles. The van der Waals surface area contributed by atoms with Crippen LogP contribution in [0, 0.1) is 0 Å². The first-order valence-corrected chi connectivity index (χ1v) is 8.68. The summed E-state index contributed by atoms with van der Waals surface area (Å²) in [5.74, 6) is -0.0759. The number of nitrogens with zero attached hydrogens (tertiary/aromatic N) is 1. The summed E-state index contributed by atoms with van der Waals surface area (Å²) in [6.07, 6.45) is 1.59. The third-order valence-corrected chi connectivity index (χ3v) is 5.59. The van der Waals surface area contributed by atoms with Crippen molar-refractivity contribution in [3.63, 3.8) is 0 Å². The fraction of sp³-hybridized carbons (Fsp3) is 0.500. The van der Waals surface area contributed by atoms with Gasteiger partial charge in [-0.1, -0.05) is 50.3 Å². The highest BCUT2D eigenvalue weighted by molar-refractivity contribution is 7.88. The minimum absolute atomic E-state index is 0.0250. The summed E-state index contributed by atoms with van der Waals surface area (Å²) in [7, 11) is -1.74. The predicted octanol–water partition coefficient (Wildman–Crippen LogP) is 2.27. The topological polar surface area (TPSA) is 63.4 Å². The molecule has 0 saturated carbocycles. The summed E-state index contributed by atoms with van der Waals surface area (Å²) >= 11 is 4.97. The normalized spacial score (nSPS) is 12.1. The lowest BCUT2D eigenvalue weighted by Gasteiger charge is -2.25. The Morgan fingerprint density at radius 2 is 1.85 bits per heavy atom. The Kier molecular flexibility index (Phi) is 6.10. The quantitative estimate of drug-likeness (QED) is 0.784. The van der Waals surface area contributed by atoms with Gasteiger partial charge in [-0.2, -0.15) is 0 Å². The van der Waals surface area contributed by atoms with Gasteiger partial charge in [-0.3, -0.25) is 0 Å². The number of thiocarbonyl (C=S) groups is 1. The van der Waals surface area contributed by atoms with Gasteiger partial charge < -0.3 is 5.73 Å². The van der Waals surface area contributed by atoms with Crippen LogP contribution in [0.25, 0.3) is 0 Å². The second-order valence-electron chi connectivity index (χ2n) is 4.76. The molecule has 112 valence electrons. The second kappa shape index (κ2) is 7.15. The highest BCUT2D eigenvalue weighted by Crippen LogP contribution is 2.18. The number of benzene rings is 1. The molecule has 0 bridgehead atoms. The molecule has 0 aromatic heterocycles. The first kappa shape index (κ1) is 17.1. The minimum atomic E-state index is -3.37. The Morgan fingerprint density at radius 3 is 2.35 bits per heavy atom. The average molecular weight is 314 g/mol. The predicted molar refractivity (Wildman–Crippen MR) is 87.1 cm³/mol. The van der Waals surface area contributed by atoms with Gasteiger partial charge in [0, 0.05) is 18.7 Å². The third kappa shape index (κ3) is 4.01. The highest BCUT2D eigenvalue weighted by Gasteiger charge is 2.25. The maximum Gasteiger partial charge on any atom is 0.218 e. The van der Waals surface area contributed by atoms with Gasteiger partial charge in [-0.05, 0) is 18.4 Å². The van der Waals surface area contributed by atoms with Crippen molar-refractivity contribution in [1.29, 1.82) is 0 Å². The van der Waals surface area contributed by atoms with Gasteiger partial charge in [0.15, 0.2) is 0 Å². The number of sulfonamides is 1. The van der Waals surface area contributed by atoms with Crippen molar-refractivity contribution in [3.8, 4) is 0 Å². The Balaban J connectivity index is 3.06. The van der Waals surface area contributed by atoms with E-state index in [1.54, 1.807) is 31.3 Å². The van der Waals surface area contributed by atoms with Crippen LogP contribution >= 0.6 is 12.2 Å². The molecular formula is C14H22N2O2S2. The van der Waals surface area contributed by atoms with Crippen molar-refractivity contribution in [2.75, 3.05) is 7.05 Å². The van der Waals surface area contributed by atoms with Gasteiger partial charge >= 0.3 is 0 Å².